The highest BCUT2D eigenvalue weighted by molar-refractivity contribution is 7.98. The summed E-state index contributed by atoms with van der Waals surface area (Å²) in [5, 5.41) is 0.422. The average Bonchev–Trinajstić information content (AvgIpc) is 2.47. The highest BCUT2D eigenvalue weighted by atomic mass is 32.2. The number of benzene rings is 1. The third kappa shape index (κ3) is 2.70. The molecule has 0 aliphatic heterocycles. The predicted molar refractivity (Wildman–Crippen MR) is 75.2 cm³/mol. The van der Waals surface area contributed by atoms with Crippen molar-refractivity contribution in [1.29, 1.82) is 0 Å². The summed E-state index contributed by atoms with van der Waals surface area (Å²) in [7, 11) is 0. The minimum atomic E-state index is -0.350. The Balaban J connectivity index is 1.84. The first-order chi connectivity index (χ1) is 9.72. The van der Waals surface area contributed by atoms with Crippen LogP contribution in [0, 0.1) is 5.82 Å². The lowest BCUT2D eigenvalue weighted by Gasteiger charge is -2.02. The van der Waals surface area contributed by atoms with Crippen molar-refractivity contribution in [3.8, 4) is 0 Å². The lowest BCUT2D eigenvalue weighted by Crippen LogP contribution is -2.18. The van der Waals surface area contributed by atoms with Gasteiger partial charge < -0.3 is 0 Å². The van der Waals surface area contributed by atoms with Crippen molar-refractivity contribution in [1.82, 2.24) is 14.4 Å². The van der Waals surface area contributed by atoms with E-state index in [-0.39, 0.29) is 11.5 Å². The number of thioether (sulfide) groups is 1. The monoisotopic (exact) mass is 287 g/mol. The van der Waals surface area contributed by atoms with Crippen LogP contribution in [0.1, 0.15) is 5.56 Å². The zero-order valence-electron chi connectivity index (χ0n) is 10.4. The lowest BCUT2D eigenvalue weighted by atomic mass is 10.2. The SMILES string of the molecule is O=c1nc(SCc2ccc(F)cc2)nc2ccccn12. The summed E-state index contributed by atoms with van der Waals surface area (Å²) in [6.45, 7) is 0. The maximum absolute atomic E-state index is 12.8. The molecule has 0 aliphatic carbocycles. The molecule has 0 fully saturated rings. The molecule has 0 atom stereocenters. The van der Waals surface area contributed by atoms with Crippen molar-refractivity contribution in [2.24, 2.45) is 0 Å². The van der Waals surface area contributed by atoms with Gasteiger partial charge in [-0.05, 0) is 29.8 Å². The van der Waals surface area contributed by atoms with Crippen LogP contribution in [0.5, 0.6) is 0 Å². The Morgan fingerprint density at radius 3 is 2.70 bits per heavy atom. The molecule has 0 N–H and O–H groups in total. The Kier molecular flexibility index (Phi) is 3.47. The molecular weight excluding hydrogens is 277 g/mol. The molecule has 20 heavy (non-hydrogen) atoms. The van der Waals surface area contributed by atoms with E-state index in [4.69, 9.17) is 0 Å². The number of halogens is 1. The van der Waals surface area contributed by atoms with Gasteiger partial charge in [0.2, 0.25) is 0 Å². The fourth-order valence-corrected chi connectivity index (χ4v) is 2.53. The van der Waals surface area contributed by atoms with Gasteiger partial charge in [-0.25, -0.2) is 14.2 Å². The van der Waals surface area contributed by atoms with E-state index in [2.05, 4.69) is 9.97 Å². The standard InChI is InChI=1S/C14H10FN3OS/c15-11-6-4-10(5-7-11)9-20-13-16-12-3-1-2-8-18(12)14(19)17-13/h1-8H,9H2. The van der Waals surface area contributed by atoms with E-state index in [0.29, 0.717) is 16.6 Å². The summed E-state index contributed by atoms with van der Waals surface area (Å²) in [6, 6.07) is 11.6. The van der Waals surface area contributed by atoms with Crippen molar-refractivity contribution in [2.75, 3.05) is 0 Å². The van der Waals surface area contributed by atoms with Gasteiger partial charge in [0.1, 0.15) is 11.5 Å². The van der Waals surface area contributed by atoms with E-state index in [1.165, 1.54) is 28.3 Å². The highest BCUT2D eigenvalue weighted by Crippen LogP contribution is 2.18. The van der Waals surface area contributed by atoms with Crippen molar-refractivity contribution >= 4 is 17.4 Å². The van der Waals surface area contributed by atoms with Crippen LogP contribution >= 0.6 is 11.8 Å². The lowest BCUT2D eigenvalue weighted by molar-refractivity contribution is 0.627. The van der Waals surface area contributed by atoms with Gasteiger partial charge in [0.05, 0.1) is 0 Å². The molecule has 3 rings (SSSR count). The van der Waals surface area contributed by atoms with Gasteiger partial charge in [-0.15, -0.1) is 0 Å². The number of pyridine rings is 1. The molecule has 1 aromatic carbocycles. The molecular formula is C14H10FN3OS. The largest absolute Gasteiger partial charge is 0.355 e. The van der Waals surface area contributed by atoms with Crippen molar-refractivity contribution in [3.05, 3.63) is 70.5 Å². The molecule has 100 valence electrons. The predicted octanol–water partition coefficient (Wildman–Crippen LogP) is 2.52. The van der Waals surface area contributed by atoms with E-state index in [1.807, 2.05) is 6.07 Å². The zero-order chi connectivity index (χ0) is 13.9. The quantitative estimate of drug-likeness (QED) is 0.694. The van der Waals surface area contributed by atoms with Crippen LogP contribution in [0.3, 0.4) is 0 Å². The second kappa shape index (κ2) is 5.42. The Hall–Kier alpha value is -2.21. The van der Waals surface area contributed by atoms with Crippen LogP contribution in [0.15, 0.2) is 58.6 Å². The van der Waals surface area contributed by atoms with Crippen LogP contribution in [0.25, 0.3) is 5.65 Å². The fraction of sp³-hybridized carbons (Fsp3) is 0.0714. The number of nitrogens with zero attached hydrogens (tertiary/aromatic N) is 3. The Bertz CT molecular complexity index is 801. The fourth-order valence-electron chi connectivity index (χ4n) is 1.74. The molecule has 2 aromatic heterocycles. The molecule has 0 bridgehead atoms. The average molecular weight is 287 g/mol. The Labute approximate surface area is 118 Å². The molecule has 2 heterocycles. The summed E-state index contributed by atoms with van der Waals surface area (Å²) >= 11 is 1.35. The summed E-state index contributed by atoms with van der Waals surface area (Å²) in [6.07, 6.45) is 1.63. The van der Waals surface area contributed by atoms with Gasteiger partial charge in [0.25, 0.3) is 0 Å². The van der Waals surface area contributed by atoms with Crippen LogP contribution in [-0.2, 0) is 5.75 Å². The van der Waals surface area contributed by atoms with Crippen molar-refractivity contribution in [3.63, 3.8) is 0 Å². The van der Waals surface area contributed by atoms with Gasteiger partial charge in [-0.1, -0.05) is 30.0 Å². The van der Waals surface area contributed by atoms with E-state index in [1.54, 1.807) is 30.5 Å². The molecule has 0 aliphatic rings. The normalized spacial score (nSPS) is 10.8. The van der Waals surface area contributed by atoms with Gasteiger partial charge in [0.15, 0.2) is 5.16 Å². The van der Waals surface area contributed by atoms with Crippen molar-refractivity contribution < 1.29 is 4.39 Å². The molecule has 0 spiro atoms. The summed E-state index contributed by atoms with van der Waals surface area (Å²) in [5.74, 6) is 0.321. The first-order valence-corrected chi connectivity index (χ1v) is 6.93. The molecule has 3 aromatic rings. The Morgan fingerprint density at radius 2 is 1.90 bits per heavy atom. The molecule has 0 saturated carbocycles. The maximum atomic E-state index is 12.8. The number of hydrogen-bond donors (Lipinski definition) is 0. The van der Waals surface area contributed by atoms with E-state index in [9.17, 15) is 9.18 Å². The van der Waals surface area contributed by atoms with E-state index >= 15 is 0 Å². The molecule has 0 radical (unpaired) electrons. The van der Waals surface area contributed by atoms with Gasteiger partial charge in [-0.2, -0.15) is 4.98 Å². The first-order valence-electron chi connectivity index (χ1n) is 5.95. The van der Waals surface area contributed by atoms with Gasteiger partial charge >= 0.3 is 5.69 Å². The third-order valence-electron chi connectivity index (χ3n) is 2.73. The summed E-state index contributed by atoms with van der Waals surface area (Å²) in [4.78, 5) is 20.0. The minimum Gasteiger partial charge on any atom is -0.251 e. The second-order valence-corrected chi connectivity index (χ2v) is 5.08. The van der Waals surface area contributed by atoms with Crippen LogP contribution in [0.2, 0.25) is 0 Å². The maximum Gasteiger partial charge on any atom is 0.355 e. The number of fused-ring (bicyclic) bond motifs is 1. The van der Waals surface area contributed by atoms with E-state index < -0.39 is 0 Å². The minimum absolute atomic E-state index is 0.265. The summed E-state index contributed by atoms with van der Waals surface area (Å²) < 4.78 is 14.2. The van der Waals surface area contributed by atoms with E-state index in [0.717, 1.165) is 5.56 Å². The van der Waals surface area contributed by atoms with Crippen LogP contribution in [-0.4, -0.2) is 14.4 Å². The number of hydrogen-bond acceptors (Lipinski definition) is 4. The first kappa shape index (κ1) is 12.8. The zero-order valence-corrected chi connectivity index (χ0v) is 11.2. The smallest absolute Gasteiger partial charge is 0.251 e. The third-order valence-corrected chi connectivity index (χ3v) is 3.65. The molecule has 6 heteroatoms. The van der Waals surface area contributed by atoms with Crippen LogP contribution < -0.4 is 5.69 Å². The van der Waals surface area contributed by atoms with Crippen LogP contribution in [0.4, 0.5) is 4.39 Å². The Morgan fingerprint density at radius 1 is 1.10 bits per heavy atom. The van der Waals surface area contributed by atoms with Gasteiger partial charge in [0, 0.05) is 11.9 Å². The molecule has 0 amide bonds. The number of rotatable bonds is 3. The second-order valence-electron chi connectivity index (χ2n) is 4.13. The molecule has 4 nitrogen and oxygen atoms in total. The topological polar surface area (TPSA) is 47.3 Å². The summed E-state index contributed by atoms with van der Waals surface area (Å²) in [5.41, 5.74) is 1.17. The molecule has 0 saturated heterocycles. The van der Waals surface area contributed by atoms with Gasteiger partial charge in [-0.3, -0.25) is 4.40 Å². The molecule has 0 unspecified atom stereocenters. The van der Waals surface area contributed by atoms with Crippen molar-refractivity contribution in [2.45, 2.75) is 10.9 Å². The highest BCUT2D eigenvalue weighted by Gasteiger charge is 2.04. The number of aromatic nitrogens is 3.